The van der Waals surface area contributed by atoms with E-state index in [1.54, 1.807) is 12.1 Å². The number of halogens is 1. The van der Waals surface area contributed by atoms with Crippen LogP contribution in [0.25, 0.3) is 16.8 Å². The minimum absolute atomic E-state index is 0.00852. The minimum atomic E-state index is -0.469. The molecule has 4 aromatic rings. The average Bonchev–Trinajstić information content (AvgIpc) is 2.82. The van der Waals surface area contributed by atoms with E-state index in [2.05, 4.69) is 52.4 Å². The summed E-state index contributed by atoms with van der Waals surface area (Å²) in [7, 11) is 0. The van der Waals surface area contributed by atoms with E-state index in [0.717, 1.165) is 31.9 Å². The lowest BCUT2D eigenvalue weighted by Crippen LogP contribution is -2.13. The molecule has 0 unspecified atom stereocenters. The predicted octanol–water partition coefficient (Wildman–Crippen LogP) is 7.34. The number of ether oxygens (including phenoxy) is 1. The Balaban J connectivity index is 1.62. The summed E-state index contributed by atoms with van der Waals surface area (Å²) in [6, 6.07) is 27.4. The number of hydrogen-bond donors (Lipinski definition) is 1. The van der Waals surface area contributed by atoms with E-state index in [4.69, 9.17) is 4.74 Å². The maximum absolute atomic E-state index is 12.8. The van der Waals surface area contributed by atoms with Crippen molar-refractivity contribution in [2.24, 2.45) is 0 Å². The number of carbonyl (C=O) groups excluding carboxylic acids is 1. The highest BCUT2D eigenvalue weighted by Crippen LogP contribution is 2.29. The van der Waals surface area contributed by atoms with Crippen molar-refractivity contribution in [3.63, 3.8) is 0 Å². The third-order valence-corrected chi connectivity index (χ3v) is 6.05. The van der Waals surface area contributed by atoms with Crippen LogP contribution in [0.5, 0.6) is 5.75 Å². The van der Waals surface area contributed by atoms with Gasteiger partial charge in [-0.2, -0.15) is 5.26 Å². The van der Waals surface area contributed by atoms with Gasteiger partial charge in [-0.25, -0.2) is 0 Å². The highest BCUT2D eigenvalue weighted by Gasteiger charge is 2.13. The predicted molar refractivity (Wildman–Crippen MR) is 141 cm³/mol. The summed E-state index contributed by atoms with van der Waals surface area (Å²) < 4.78 is 7.04. The Bertz CT molecular complexity index is 1450. The van der Waals surface area contributed by atoms with Gasteiger partial charge >= 0.3 is 0 Å². The summed E-state index contributed by atoms with van der Waals surface area (Å²) in [5, 5.41) is 14.8. The van der Waals surface area contributed by atoms with Gasteiger partial charge in [-0.15, -0.1) is 0 Å². The molecule has 0 heterocycles. The Morgan fingerprint density at radius 1 is 1.03 bits per heavy atom. The fraction of sp³-hybridized carbons (Fsp3) is 0.103. The number of rotatable bonds is 6. The van der Waals surface area contributed by atoms with Crippen LogP contribution in [-0.4, -0.2) is 5.91 Å². The molecule has 5 heteroatoms. The first-order chi connectivity index (χ1) is 16.4. The van der Waals surface area contributed by atoms with Crippen LogP contribution in [-0.2, 0) is 11.4 Å². The summed E-state index contributed by atoms with van der Waals surface area (Å²) in [5.41, 5.74) is 4.54. The number of nitrogens with one attached hydrogen (secondary N) is 1. The summed E-state index contributed by atoms with van der Waals surface area (Å²) in [6.07, 6.45) is 1.56. The van der Waals surface area contributed by atoms with Crippen molar-refractivity contribution < 1.29 is 9.53 Å². The normalized spacial score (nSPS) is 11.2. The summed E-state index contributed by atoms with van der Waals surface area (Å²) in [4.78, 5) is 12.8. The van der Waals surface area contributed by atoms with Gasteiger partial charge in [-0.1, -0.05) is 64.5 Å². The van der Waals surface area contributed by atoms with Crippen molar-refractivity contribution in [3.8, 4) is 11.8 Å². The van der Waals surface area contributed by atoms with Gasteiger partial charge in [0.15, 0.2) is 0 Å². The van der Waals surface area contributed by atoms with Crippen LogP contribution in [0, 0.1) is 25.2 Å². The van der Waals surface area contributed by atoms with Crippen molar-refractivity contribution in [2.45, 2.75) is 20.5 Å². The van der Waals surface area contributed by atoms with Gasteiger partial charge in [0.25, 0.3) is 5.91 Å². The zero-order chi connectivity index (χ0) is 24.1. The number of hydrogen-bond acceptors (Lipinski definition) is 3. The number of aryl methyl sites for hydroxylation is 2. The molecule has 1 amide bonds. The number of anilines is 1. The topological polar surface area (TPSA) is 62.1 Å². The molecular weight excluding hydrogens is 488 g/mol. The van der Waals surface area contributed by atoms with Crippen LogP contribution < -0.4 is 10.1 Å². The zero-order valence-electron chi connectivity index (χ0n) is 18.9. The average molecular weight is 511 g/mol. The Kier molecular flexibility index (Phi) is 7.10. The molecule has 0 aliphatic rings. The number of nitriles is 1. The molecule has 0 saturated carbocycles. The van der Waals surface area contributed by atoms with Gasteiger partial charge in [0.1, 0.15) is 24.0 Å². The minimum Gasteiger partial charge on any atom is -0.488 e. The molecule has 0 aliphatic carbocycles. The largest absolute Gasteiger partial charge is 0.488 e. The van der Waals surface area contributed by atoms with E-state index < -0.39 is 5.91 Å². The quantitative estimate of drug-likeness (QED) is 0.218. The van der Waals surface area contributed by atoms with E-state index in [1.807, 2.05) is 61.5 Å². The second-order valence-corrected chi connectivity index (χ2v) is 8.96. The van der Waals surface area contributed by atoms with Gasteiger partial charge in [0.2, 0.25) is 0 Å². The molecule has 0 fully saturated rings. The van der Waals surface area contributed by atoms with Gasteiger partial charge in [-0.3, -0.25) is 4.79 Å². The van der Waals surface area contributed by atoms with Gasteiger partial charge < -0.3 is 10.1 Å². The number of benzene rings is 4. The first-order valence-electron chi connectivity index (χ1n) is 10.8. The van der Waals surface area contributed by atoms with Gasteiger partial charge in [0, 0.05) is 21.3 Å². The fourth-order valence-electron chi connectivity index (χ4n) is 3.78. The molecule has 4 aromatic carbocycles. The molecule has 0 aliphatic heterocycles. The van der Waals surface area contributed by atoms with Crippen LogP contribution in [0.1, 0.15) is 22.3 Å². The smallest absolute Gasteiger partial charge is 0.266 e. The van der Waals surface area contributed by atoms with Gasteiger partial charge in [-0.05, 0) is 72.2 Å². The Morgan fingerprint density at radius 3 is 2.65 bits per heavy atom. The van der Waals surface area contributed by atoms with Crippen molar-refractivity contribution in [1.29, 1.82) is 5.26 Å². The second-order valence-electron chi connectivity index (χ2n) is 8.05. The lowest BCUT2D eigenvalue weighted by molar-refractivity contribution is -0.112. The standard InChI is InChI=1S/C29H23BrN2O2/c1-19-6-5-8-25(14-19)32-29(33)23(17-31)15-22-16-24(30)12-13-28(22)34-18-27-20(2)10-11-21-7-3-4-9-26(21)27/h3-16H,18H2,1-2H3,(H,32,33)/b23-15+. The van der Waals surface area contributed by atoms with Crippen LogP contribution >= 0.6 is 15.9 Å². The summed E-state index contributed by atoms with van der Waals surface area (Å²) in [6.45, 7) is 4.38. The molecule has 0 spiro atoms. The Hall–Kier alpha value is -3.88. The highest BCUT2D eigenvalue weighted by atomic mass is 79.9. The van der Waals surface area contributed by atoms with Crippen molar-refractivity contribution in [2.75, 3.05) is 5.32 Å². The molecule has 4 nitrogen and oxygen atoms in total. The van der Waals surface area contributed by atoms with Crippen molar-refractivity contribution >= 4 is 44.4 Å². The Morgan fingerprint density at radius 2 is 1.85 bits per heavy atom. The lowest BCUT2D eigenvalue weighted by Gasteiger charge is -2.14. The lowest BCUT2D eigenvalue weighted by atomic mass is 10.0. The molecule has 0 saturated heterocycles. The molecule has 34 heavy (non-hydrogen) atoms. The van der Waals surface area contributed by atoms with Crippen LogP contribution in [0.15, 0.2) is 88.9 Å². The molecule has 168 valence electrons. The molecule has 0 atom stereocenters. The molecule has 0 radical (unpaired) electrons. The summed E-state index contributed by atoms with van der Waals surface area (Å²) in [5.74, 6) is 0.121. The molecular formula is C29H23BrN2O2. The number of nitrogens with zero attached hydrogens (tertiary/aromatic N) is 1. The van der Waals surface area contributed by atoms with Gasteiger partial charge in [0.05, 0.1) is 0 Å². The Labute approximate surface area is 207 Å². The first kappa shape index (κ1) is 23.3. The number of amides is 1. The SMILES string of the molecule is Cc1cccc(NC(=O)/C(C#N)=C/c2cc(Br)ccc2OCc2c(C)ccc3ccccc23)c1. The van der Waals surface area contributed by atoms with E-state index in [-0.39, 0.29) is 5.57 Å². The third-order valence-electron chi connectivity index (χ3n) is 5.56. The van der Waals surface area contributed by atoms with Crippen molar-refractivity contribution in [1.82, 2.24) is 0 Å². The first-order valence-corrected chi connectivity index (χ1v) is 11.6. The molecule has 0 aromatic heterocycles. The van der Waals surface area contributed by atoms with Crippen LogP contribution in [0.3, 0.4) is 0 Å². The second kappa shape index (κ2) is 10.4. The van der Waals surface area contributed by atoms with Crippen molar-refractivity contribution in [3.05, 3.63) is 111 Å². The number of fused-ring (bicyclic) bond motifs is 1. The van der Waals surface area contributed by atoms with Crippen LogP contribution in [0.2, 0.25) is 0 Å². The van der Waals surface area contributed by atoms with E-state index in [9.17, 15) is 10.1 Å². The van der Waals surface area contributed by atoms with E-state index in [1.165, 1.54) is 0 Å². The maximum Gasteiger partial charge on any atom is 0.266 e. The van der Waals surface area contributed by atoms with Crippen LogP contribution in [0.4, 0.5) is 5.69 Å². The van der Waals surface area contributed by atoms with E-state index in [0.29, 0.717) is 23.6 Å². The fourth-order valence-corrected chi connectivity index (χ4v) is 4.15. The molecule has 0 bridgehead atoms. The summed E-state index contributed by atoms with van der Waals surface area (Å²) >= 11 is 3.48. The highest BCUT2D eigenvalue weighted by molar-refractivity contribution is 9.10. The maximum atomic E-state index is 12.8. The third kappa shape index (κ3) is 5.36. The molecule has 1 N–H and O–H groups in total. The monoisotopic (exact) mass is 510 g/mol. The molecule has 4 rings (SSSR count). The zero-order valence-corrected chi connectivity index (χ0v) is 20.5. The van der Waals surface area contributed by atoms with E-state index >= 15 is 0 Å². The number of carbonyl (C=O) groups is 1.